The number of likely N-dealkylation sites (tertiary alicyclic amines) is 1. The standard InChI is InChI=1S/C16H22F2N6O/c17-16(18)10-24(11-16)14(25)13-8-12(9-21-13)22-4-6-23(7-5-22)15-19-2-1-3-20-15/h1-3,12-13,21H,4-11H2/t12-,13?/m0/s1. The van der Waals surface area contributed by atoms with Gasteiger partial charge in [-0.3, -0.25) is 9.69 Å². The summed E-state index contributed by atoms with van der Waals surface area (Å²) in [4.78, 5) is 26.6. The highest BCUT2D eigenvalue weighted by atomic mass is 19.3. The third-order valence-electron chi connectivity index (χ3n) is 5.23. The van der Waals surface area contributed by atoms with Gasteiger partial charge in [0.1, 0.15) is 0 Å². The summed E-state index contributed by atoms with van der Waals surface area (Å²) in [5.41, 5.74) is 0. The number of rotatable bonds is 3. The van der Waals surface area contributed by atoms with Gasteiger partial charge in [-0.1, -0.05) is 0 Å². The van der Waals surface area contributed by atoms with Crippen molar-refractivity contribution in [2.75, 3.05) is 50.7 Å². The van der Waals surface area contributed by atoms with Crippen LogP contribution >= 0.6 is 0 Å². The van der Waals surface area contributed by atoms with Gasteiger partial charge in [0.05, 0.1) is 19.1 Å². The molecule has 0 aromatic carbocycles. The molecule has 1 aromatic rings. The SMILES string of the molecule is O=C(C1C[C@H](N2CCN(c3ncccn3)CC2)CN1)N1CC(F)(F)C1. The van der Waals surface area contributed by atoms with Gasteiger partial charge in [0.15, 0.2) is 0 Å². The quantitative estimate of drug-likeness (QED) is 0.813. The molecular formula is C16H22F2N6O. The smallest absolute Gasteiger partial charge is 0.282 e. The van der Waals surface area contributed by atoms with E-state index in [1.165, 1.54) is 4.90 Å². The van der Waals surface area contributed by atoms with E-state index in [1.54, 1.807) is 18.5 Å². The molecule has 0 spiro atoms. The molecule has 9 heteroatoms. The van der Waals surface area contributed by atoms with Gasteiger partial charge >= 0.3 is 0 Å². The van der Waals surface area contributed by atoms with E-state index in [2.05, 4.69) is 25.1 Å². The molecule has 0 aliphatic carbocycles. The molecule has 2 atom stereocenters. The van der Waals surface area contributed by atoms with Crippen LogP contribution in [0.3, 0.4) is 0 Å². The fourth-order valence-electron chi connectivity index (χ4n) is 3.81. The molecular weight excluding hydrogens is 330 g/mol. The highest BCUT2D eigenvalue weighted by molar-refractivity contribution is 5.83. The van der Waals surface area contributed by atoms with Gasteiger partial charge in [-0.25, -0.2) is 18.7 Å². The number of hydrogen-bond donors (Lipinski definition) is 1. The molecule has 1 aromatic heterocycles. The zero-order valence-electron chi connectivity index (χ0n) is 13.9. The summed E-state index contributed by atoms with van der Waals surface area (Å²) in [6.07, 6.45) is 4.17. The second-order valence-corrected chi connectivity index (χ2v) is 6.97. The predicted octanol–water partition coefficient (Wildman–Crippen LogP) is -0.193. The highest BCUT2D eigenvalue weighted by Gasteiger charge is 2.48. The number of nitrogens with one attached hydrogen (secondary N) is 1. The molecule has 1 amide bonds. The molecule has 4 heterocycles. The Morgan fingerprint density at radius 2 is 1.84 bits per heavy atom. The molecule has 25 heavy (non-hydrogen) atoms. The third-order valence-corrected chi connectivity index (χ3v) is 5.23. The molecule has 3 fully saturated rings. The number of amides is 1. The number of carbonyl (C=O) groups is 1. The lowest BCUT2D eigenvalue weighted by atomic mass is 10.1. The van der Waals surface area contributed by atoms with Crippen LogP contribution in [0.15, 0.2) is 18.5 Å². The molecule has 1 unspecified atom stereocenters. The van der Waals surface area contributed by atoms with Crippen molar-refractivity contribution in [1.29, 1.82) is 0 Å². The van der Waals surface area contributed by atoms with Gasteiger partial charge in [-0.15, -0.1) is 0 Å². The Labute approximate surface area is 145 Å². The molecule has 3 saturated heterocycles. The van der Waals surface area contributed by atoms with Crippen LogP contribution in [-0.4, -0.2) is 89.5 Å². The number of alkyl halides is 2. The number of halogens is 2. The van der Waals surface area contributed by atoms with Crippen LogP contribution in [0.2, 0.25) is 0 Å². The van der Waals surface area contributed by atoms with Crippen LogP contribution in [0.1, 0.15) is 6.42 Å². The summed E-state index contributed by atoms with van der Waals surface area (Å²) in [6, 6.07) is 1.74. The van der Waals surface area contributed by atoms with Gasteiger partial charge in [0.25, 0.3) is 5.92 Å². The topological polar surface area (TPSA) is 64.6 Å². The molecule has 7 nitrogen and oxygen atoms in total. The van der Waals surface area contributed by atoms with E-state index < -0.39 is 19.0 Å². The van der Waals surface area contributed by atoms with Crippen molar-refractivity contribution in [1.82, 2.24) is 25.1 Å². The van der Waals surface area contributed by atoms with E-state index in [1.807, 2.05) is 0 Å². The van der Waals surface area contributed by atoms with Crippen molar-refractivity contribution in [2.24, 2.45) is 0 Å². The van der Waals surface area contributed by atoms with Gasteiger partial charge < -0.3 is 15.1 Å². The van der Waals surface area contributed by atoms with E-state index in [9.17, 15) is 13.6 Å². The maximum Gasteiger partial charge on any atom is 0.282 e. The Bertz CT molecular complexity index is 614. The lowest BCUT2D eigenvalue weighted by Gasteiger charge is -2.40. The maximum atomic E-state index is 12.9. The maximum absolute atomic E-state index is 12.9. The second-order valence-electron chi connectivity index (χ2n) is 6.97. The lowest BCUT2D eigenvalue weighted by Crippen LogP contribution is -2.61. The summed E-state index contributed by atoms with van der Waals surface area (Å²) < 4.78 is 25.9. The first-order chi connectivity index (χ1) is 12.0. The number of hydrogen-bond acceptors (Lipinski definition) is 6. The number of nitrogens with zero attached hydrogens (tertiary/aromatic N) is 5. The molecule has 0 bridgehead atoms. The Morgan fingerprint density at radius 3 is 2.48 bits per heavy atom. The second kappa shape index (κ2) is 6.45. The first-order valence-corrected chi connectivity index (χ1v) is 8.68. The van der Waals surface area contributed by atoms with Gasteiger partial charge in [0.2, 0.25) is 11.9 Å². The van der Waals surface area contributed by atoms with Crippen LogP contribution in [0.5, 0.6) is 0 Å². The summed E-state index contributed by atoms with van der Waals surface area (Å²) in [6.45, 7) is 3.30. The molecule has 1 N–H and O–H groups in total. The minimum atomic E-state index is -2.70. The van der Waals surface area contributed by atoms with E-state index in [-0.39, 0.29) is 18.0 Å². The van der Waals surface area contributed by atoms with Crippen molar-refractivity contribution in [3.8, 4) is 0 Å². The van der Waals surface area contributed by atoms with E-state index in [0.717, 1.165) is 38.7 Å². The van der Waals surface area contributed by atoms with Crippen LogP contribution in [0, 0.1) is 0 Å². The Morgan fingerprint density at radius 1 is 1.16 bits per heavy atom. The lowest BCUT2D eigenvalue weighted by molar-refractivity contribution is -0.167. The van der Waals surface area contributed by atoms with E-state index in [0.29, 0.717) is 6.42 Å². The fraction of sp³-hybridized carbons (Fsp3) is 0.688. The van der Waals surface area contributed by atoms with Crippen molar-refractivity contribution < 1.29 is 13.6 Å². The first kappa shape index (κ1) is 16.6. The van der Waals surface area contributed by atoms with Crippen molar-refractivity contribution in [2.45, 2.75) is 24.4 Å². The predicted molar refractivity (Wildman–Crippen MR) is 87.5 cm³/mol. The summed E-state index contributed by atoms with van der Waals surface area (Å²) in [7, 11) is 0. The Hall–Kier alpha value is -1.87. The molecule has 3 aliphatic rings. The zero-order chi connectivity index (χ0) is 17.4. The summed E-state index contributed by atoms with van der Waals surface area (Å²) in [5.74, 6) is -2.15. The molecule has 4 rings (SSSR count). The van der Waals surface area contributed by atoms with Crippen LogP contribution in [-0.2, 0) is 4.79 Å². The number of aromatic nitrogens is 2. The van der Waals surface area contributed by atoms with Gasteiger partial charge in [0, 0.05) is 51.2 Å². The minimum absolute atomic E-state index is 0.190. The zero-order valence-corrected chi connectivity index (χ0v) is 13.9. The van der Waals surface area contributed by atoms with Crippen LogP contribution in [0.4, 0.5) is 14.7 Å². The summed E-state index contributed by atoms with van der Waals surface area (Å²) in [5, 5.41) is 3.21. The average molecular weight is 352 g/mol. The molecule has 0 radical (unpaired) electrons. The number of carbonyl (C=O) groups excluding carboxylic acids is 1. The number of anilines is 1. The Kier molecular flexibility index (Phi) is 4.28. The van der Waals surface area contributed by atoms with Crippen molar-refractivity contribution in [3.63, 3.8) is 0 Å². The van der Waals surface area contributed by atoms with Crippen LogP contribution < -0.4 is 10.2 Å². The molecule has 3 aliphatic heterocycles. The normalized spacial score (nSPS) is 29.5. The highest BCUT2D eigenvalue weighted by Crippen LogP contribution is 2.28. The minimum Gasteiger partial charge on any atom is -0.338 e. The largest absolute Gasteiger partial charge is 0.338 e. The van der Waals surface area contributed by atoms with Crippen molar-refractivity contribution >= 4 is 11.9 Å². The Balaban J connectivity index is 1.26. The monoisotopic (exact) mass is 352 g/mol. The van der Waals surface area contributed by atoms with Crippen molar-refractivity contribution in [3.05, 3.63) is 18.5 Å². The van der Waals surface area contributed by atoms with Crippen LogP contribution in [0.25, 0.3) is 0 Å². The third kappa shape index (κ3) is 3.43. The number of piperazine rings is 1. The van der Waals surface area contributed by atoms with E-state index in [4.69, 9.17) is 0 Å². The first-order valence-electron chi connectivity index (χ1n) is 8.68. The van der Waals surface area contributed by atoms with E-state index >= 15 is 0 Å². The average Bonchev–Trinajstić information content (AvgIpc) is 3.10. The fourth-order valence-corrected chi connectivity index (χ4v) is 3.81. The molecule has 0 saturated carbocycles. The van der Waals surface area contributed by atoms with Gasteiger partial charge in [-0.05, 0) is 12.5 Å². The summed E-state index contributed by atoms with van der Waals surface area (Å²) >= 11 is 0. The molecule has 136 valence electrons. The van der Waals surface area contributed by atoms with Gasteiger partial charge in [-0.2, -0.15) is 0 Å².